The minimum atomic E-state index is -5.08. The highest BCUT2D eigenvalue weighted by atomic mass is 33.1. The SMILES string of the molecule is CCOc1ccc(C[C@H]2NC(=O)CCSSC[C@@H](C(=O)N[C@@H](CCCN)C(=O)NCC(N)=O)NC(=O)[C@H](CC(N)=O)NC(=O)[C@H]([C@@H](C)O)NC(=O)[C@H]([C@@H](C)CC)NC2=O)cc1.O=C(O)C(F)(F)F. The summed E-state index contributed by atoms with van der Waals surface area (Å²) in [5.74, 6) is -10.4. The second-order valence-corrected chi connectivity index (χ2v) is 17.8. The van der Waals surface area contributed by atoms with E-state index in [4.69, 9.17) is 31.8 Å². The summed E-state index contributed by atoms with van der Waals surface area (Å²) in [5, 5.41) is 35.4. The van der Waals surface area contributed by atoms with Gasteiger partial charge < -0.3 is 69.4 Å². The minimum Gasteiger partial charge on any atom is -0.494 e. The normalized spacial score (nSPS) is 21.5. The third-order valence-electron chi connectivity index (χ3n) is 9.59. The van der Waals surface area contributed by atoms with Crippen LogP contribution in [0, 0.1) is 5.92 Å². The Bertz CT molecular complexity index is 1900. The van der Waals surface area contributed by atoms with Gasteiger partial charge in [0.25, 0.3) is 0 Å². The molecule has 15 N–H and O–H groups in total. The molecule has 1 aliphatic rings. The van der Waals surface area contributed by atoms with E-state index < -0.39 is 127 Å². The molecule has 28 heteroatoms. The van der Waals surface area contributed by atoms with Crippen LogP contribution in [-0.4, -0.2) is 149 Å². The predicted molar refractivity (Wildman–Crippen MR) is 242 cm³/mol. The Balaban J connectivity index is 0.00000304. The molecule has 0 aliphatic carbocycles. The lowest BCUT2D eigenvalue weighted by atomic mass is 9.96. The number of carboxylic acid groups (broad SMARTS) is 1. The fraction of sp³-hybridized carbons (Fsp3) is 0.600. The van der Waals surface area contributed by atoms with Crippen LogP contribution >= 0.6 is 21.6 Å². The van der Waals surface area contributed by atoms with E-state index in [2.05, 4.69) is 37.2 Å². The first-order valence-corrected chi connectivity index (χ1v) is 23.6. The van der Waals surface area contributed by atoms with Gasteiger partial charge in [-0.3, -0.25) is 43.2 Å². The molecule has 382 valence electrons. The zero-order valence-electron chi connectivity index (χ0n) is 37.8. The Hall–Kier alpha value is -5.87. The molecular weight excluding hydrogens is 950 g/mol. The summed E-state index contributed by atoms with van der Waals surface area (Å²) in [4.78, 5) is 128. The van der Waals surface area contributed by atoms with Gasteiger partial charge >= 0.3 is 12.1 Å². The quantitative estimate of drug-likeness (QED) is 0.0724. The number of carbonyl (C=O) groups is 10. The van der Waals surface area contributed by atoms with Crippen molar-refractivity contribution >= 4 is 80.7 Å². The van der Waals surface area contributed by atoms with E-state index in [0.29, 0.717) is 24.3 Å². The molecule has 1 aliphatic heterocycles. The van der Waals surface area contributed by atoms with E-state index in [-0.39, 0.29) is 43.7 Å². The molecule has 1 heterocycles. The van der Waals surface area contributed by atoms with Crippen molar-refractivity contribution in [2.75, 3.05) is 31.2 Å². The van der Waals surface area contributed by atoms with Crippen LogP contribution in [0.25, 0.3) is 0 Å². The fourth-order valence-electron chi connectivity index (χ4n) is 5.80. The van der Waals surface area contributed by atoms with Crippen LogP contribution in [0.3, 0.4) is 0 Å². The van der Waals surface area contributed by atoms with Crippen LogP contribution in [0.1, 0.15) is 65.4 Å². The largest absolute Gasteiger partial charge is 0.494 e. The Kier molecular flexibility index (Phi) is 27.0. The van der Waals surface area contributed by atoms with Crippen molar-refractivity contribution in [2.24, 2.45) is 23.1 Å². The second-order valence-electron chi connectivity index (χ2n) is 15.1. The summed E-state index contributed by atoms with van der Waals surface area (Å²) in [6, 6.07) is -1.58. The smallest absolute Gasteiger partial charge is 0.490 e. The van der Waals surface area contributed by atoms with E-state index in [9.17, 15) is 61.4 Å². The Morgan fingerprint density at radius 2 is 1.44 bits per heavy atom. The van der Waals surface area contributed by atoms with Crippen molar-refractivity contribution in [1.29, 1.82) is 0 Å². The molecule has 0 saturated carbocycles. The zero-order chi connectivity index (χ0) is 51.7. The average Bonchev–Trinajstić information content (AvgIpc) is 3.26. The lowest BCUT2D eigenvalue weighted by Crippen LogP contribution is -2.63. The highest BCUT2D eigenvalue weighted by molar-refractivity contribution is 8.76. The van der Waals surface area contributed by atoms with Crippen LogP contribution in [-0.2, 0) is 54.4 Å². The number of benzene rings is 1. The molecular formula is C40H61F3N10O13S2. The summed E-state index contributed by atoms with van der Waals surface area (Å²) in [6.07, 6.45) is -6.76. The maximum Gasteiger partial charge on any atom is 0.490 e. The molecule has 8 atom stereocenters. The number of alkyl halides is 3. The van der Waals surface area contributed by atoms with Gasteiger partial charge in [-0.25, -0.2) is 4.79 Å². The molecule has 2 rings (SSSR count). The number of hydrogen-bond acceptors (Lipinski definition) is 15. The van der Waals surface area contributed by atoms with Crippen molar-refractivity contribution in [3.63, 3.8) is 0 Å². The number of nitrogens with two attached hydrogens (primary N) is 3. The van der Waals surface area contributed by atoms with Crippen molar-refractivity contribution in [1.82, 2.24) is 37.2 Å². The molecule has 68 heavy (non-hydrogen) atoms. The number of aliphatic hydroxyl groups excluding tert-OH is 1. The summed E-state index contributed by atoms with van der Waals surface area (Å²) < 4.78 is 37.3. The Morgan fingerprint density at radius 3 is 1.97 bits per heavy atom. The number of carboxylic acids is 1. The van der Waals surface area contributed by atoms with Gasteiger partial charge in [0, 0.05) is 24.3 Å². The Morgan fingerprint density at radius 1 is 0.853 bits per heavy atom. The lowest BCUT2D eigenvalue weighted by molar-refractivity contribution is -0.192. The third-order valence-corrected chi connectivity index (χ3v) is 12.0. The van der Waals surface area contributed by atoms with Crippen LogP contribution in [0.15, 0.2) is 24.3 Å². The molecule has 0 unspecified atom stereocenters. The van der Waals surface area contributed by atoms with Crippen molar-refractivity contribution in [3.8, 4) is 5.75 Å². The van der Waals surface area contributed by atoms with Gasteiger partial charge in [0.15, 0.2) is 0 Å². The summed E-state index contributed by atoms with van der Waals surface area (Å²) in [6.45, 7) is 6.57. The van der Waals surface area contributed by atoms with Gasteiger partial charge in [-0.05, 0) is 56.8 Å². The van der Waals surface area contributed by atoms with Crippen molar-refractivity contribution < 1.29 is 76.1 Å². The number of halogens is 3. The van der Waals surface area contributed by atoms with E-state index in [1.54, 1.807) is 38.1 Å². The first-order valence-electron chi connectivity index (χ1n) is 21.1. The van der Waals surface area contributed by atoms with Gasteiger partial charge in [-0.15, -0.1) is 0 Å². The lowest BCUT2D eigenvalue weighted by Gasteiger charge is -2.30. The summed E-state index contributed by atoms with van der Waals surface area (Å²) >= 11 is 0. The topological polar surface area (TPSA) is 383 Å². The maximum absolute atomic E-state index is 13.9. The second kappa shape index (κ2) is 30.5. The number of primary amides is 2. The molecule has 0 aromatic heterocycles. The minimum absolute atomic E-state index is 0.0317. The zero-order valence-corrected chi connectivity index (χ0v) is 39.4. The van der Waals surface area contributed by atoms with E-state index >= 15 is 0 Å². The molecule has 1 aromatic carbocycles. The fourth-order valence-corrected chi connectivity index (χ4v) is 7.96. The van der Waals surface area contributed by atoms with Crippen molar-refractivity contribution in [3.05, 3.63) is 29.8 Å². The molecule has 23 nitrogen and oxygen atoms in total. The number of aliphatic carboxylic acids is 1. The highest BCUT2D eigenvalue weighted by Crippen LogP contribution is 2.24. The molecule has 1 fully saturated rings. The van der Waals surface area contributed by atoms with Crippen LogP contribution in [0.2, 0.25) is 0 Å². The average molecular weight is 1010 g/mol. The highest BCUT2D eigenvalue weighted by Gasteiger charge is 2.39. The number of amides is 9. The Labute approximate surface area is 397 Å². The molecule has 1 aromatic rings. The summed E-state index contributed by atoms with van der Waals surface area (Å²) in [7, 11) is 2.23. The van der Waals surface area contributed by atoms with E-state index in [1.807, 2.05) is 6.92 Å². The van der Waals surface area contributed by atoms with E-state index in [1.165, 1.54) is 6.92 Å². The number of rotatable bonds is 17. The number of nitrogens with one attached hydrogen (secondary N) is 7. The van der Waals surface area contributed by atoms with E-state index in [0.717, 1.165) is 21.6 Å². The first kappa shape index (κ1) is 60.1. The number of carbonyl (C=O) groups excluding carboxylic acids is 9. The summed E-state index contributed by atoms with van der Waals surface area (Å²) in [5.41, 5.74) is 16.9. The first-order chi connectivity index (χ1) is 31.8. The van der Waals surface area contributed by atoms with Crippen LogP contribution < -0.4 is 59.2 Å². The molecule has 9 amide bonds. The number of hydrogen-bond donors (Lipinski definition) is 12. The molecule has 0 radical (unpaired) electrons. The number of ether oxygens (including phenoxy) is 1. The van der Waals surface area contributed by atoms with Crippen molar-refractivity contribution in [2.45, 2.75) is 115 Å². The van der Waals surface area contributed by atoms with Gasteiger partial charge in [0.05, 0.1) is 25.7 Å². The molecule has 1 saturated heterocycles. The number of aliphatic hydroxyl groups is 1. The van der Waals surface area contributed by atoms with Crippen LogP contribution in [0.5, 0.6) is 5.75 Å². The maximum atomic E-state index is 13.9. The van der Waals surface area contributed by atoms with Gasteiger partial charge in [-0.1, -0.05) is 54.0 Å². The van der Waals surface area contributed by atoms with Gasteiger partial charge in [0.1, 0.15) is 42.0 Å². The standard InChI is InChI=1S/C38H60N10O11S2.C2HF3O2/c1-5-20(3)31-37(57)48-32(21(4)49)38(58)45-26(17-28(40)50)34(54)46-27(36(56)44-24(8-7-14-39)33(53)42-18-29(41)51)19-61-60-15-13-30(52)43-25(35(55)47-31)16-22-9-11-23(12-10-22)59-6-2;3-2(4,5)1(6)7/h9-12,20-21,24-27,31-32,49H,5-8,13-19,39H2,1-4H3,(H2,40,50)(H2,41,51)(H,42,53)(H,43,52)(H,44,56)(H,45,58)(H,46,54)(H,47,55)(H,48,57);(H,6,7)/t20-,21+,24-,25+,26-,27-,31-,32-;/m0./s1. The van der Waals surface area contributed by atoms with Gasteiger partial charge in [-0.2, -0.15) is 13.2 Å². The van der Waals surface area contributed by atoms with Crippen LogP contribution in [0.4, 0.5) is 13.2 Å². The monoisotopic (exact) mass is 1010 g/mol. The van der Waals surface area contributed by atoms with Gasteiger partial charge in [0.2, 0.25) is 53.2 Å². The molecule has 0 spiro atoms. The third kappa shape index (κ3) is 22.8. The predicted octanol–water partition coefficient (Wildman–Crippen LogP) is -2.40. The molecule has 0 bridgehead atoms.